The second kappa shape index (κ2) is 13.5. The van der Waals surface area contributed by atoms with Crippen LogP contribution >= 0.6 is 11.3 Å². The fraction of sp³-hybridized carbons (Fsp3) is 0.0385. The van der Waals surface area contributed by atoms with E-state index in [0.29, 0.717) is 6.42 Å². The molecular formula is C52H35N3S. The first-order valence-electron chi connectivity index (χ1n) is 19.2. The first kappa shape index (κ1) is 32.5. The fourth-order valence-electron chi connectivity index (χ4n) is 8.50. The van der Waals surface area contributed by atoms with Crippen molar-refractivity contribution in [3.63, 3.8) is 0 Å². The Morgan fingerprint density at radius 1 is 0.464 bits per heavy atom. The largest absolute Gasteiger partial charge is 0.309 e. The number of benzene rings is 8. The molecule has 0 bridgehead atoms. The smallest absolute Gasteiger partial charge is 0.155 e. The number of para-hydroxylation sites is 1. The molecule has 0 saturated carbocycles. The molecule has 0 amide bonds. The zero-order chi connectivity index (χ0) is 37.0. The average molecular weight is 734 g/mol. The van der Waals surface area contributed by atoms with Crippen molar-refractivity contribution in [3.05, 3.63) is 211 Å². The van der Waals surface area contributed by atoms with Crippen molar-refractivity contribution in [2.24, 2.45) is 9.98 Å². The van der Waals surface area contributed by atoms with E-state index in [1.54, 1.807) is 0 Å². The van der Waals surface area contributed by atoms with Crippen molar-refractivity contribution < 1.29 is 0 Å². The minimum Gasteiger partial charge on any atom is -0.309 e. The van der Waals surface area contributed by atoms with Crippen molar-refractivity contribution >= 4 is 64.9 Å². The number of rotatable bonds is 6. The van der Waals surface area contributed by atoms with E-state index < -0.39 is 0 Å². The molecule has 0 spiro atoms. The Balaban J connectivity index is 1.10. The normalized spacial score (nSPS) is 14.4. The predicted molar refractivity (Wildman–Crippen MR) is 238 cm³/mol. The molecule has 0 aliphatic carbocycles. The van der Waals surface area contributed by atoms with Crippen LogP contribution in [0.15, 0.2) is 204 Å². The zero-order valence-corrected chi connectivity index (χ0v) is 31.3. The highest BCUT2D eigenvalue weighted by Crippen LogP contribution is 2.40. The number of aromatic nitrogens is 1. The Bertz CT molecular complexity index is 3170. The maximum atomic E-state index is 5.48. The van der Waals surface area contributed by atoms with E-state index in [1.165, 1.54) is 64.2 Å². The third kappa shape index (κ3) is 5.57. The predicted octanol–water partition coefficient (Wildman–Crippen LogP) is 13.9. The highest BCUT2D eigenvalue weighted by atomic mass is 32.1. The highest BCUT2D eigenvalue weighted by molar-refractivity contribution is 7.25. The van der Waals surface area contributed by atoms with Crippen LogP contribution in [0.2, 0.25) is 0 Å². The summed E-state index contributed by atoms with van der Waals surface area (Å²) >= 11 is 1.86. The quantitative estimate of drug-likeness (QED) is 0.163. The Hall–Kier alpha value is -6.88. The molecule has 4 heteroatoms. The number of hydrogen-bond acceptors (Lipinski definition) is 3. The summed E-state index contributed by atoms with van der Waals surface area (Å²) in [6.07, 6.45) is 0.686. The van der Waals surface area contributed by atoms with Gasteiger partial charge in [-0.05, 0) is 76.3 Å². The van der Waals surface area contributed by atoms with Gasteiger partial charge in [-0.3, -0.25) is 4.99 Å². The SMILES string of the molecule is c1ccc(-c2cccc(C3=NC(c4cccc(-c5ccccc5)c4)CC(c4cccc5c4c4ccccc4n5-c4ccc5sc6ccccc6c5c4)=N3)c2)cc1. The van der Waals surface area contributed by atoms with Crippen molar-refractivity contribution in [2.45, 2.75) is 12.5 Å². The second-order valence-electron chi connectivity index (χ2n) is 14.5. The molecule has 8 aromatic carbocycles. The molecule has 56 heavy (non-hydrogen) atoms. The number of nitrogens with zero attached hydrogens (tertiary/aromatic N) is 3. The lowest BCUT2D eigenvalue weighted by Crippen LogP contribution is -2.17. The molecule has 0 radical (unpaired) electrons. The van der Waals surface area contributed by atoms with Crippen LogP contribution < -0.4 is 0 Å². The zero-order valence-electron chi connectivity index (χ0n) is 30.5. The molecule has 1 unspecified atom stereocenters. The van der Waals surface area contributed by atoms with E-state index in [1.807, 2.05) is 11.3 Å². The van der Waals surface area contributed by atoms with Crippen LogP contribution in [-0.4, -0.2) is 16.1 Å². The summed E-state index contributed by atoms with van der Waals surface area (Å²) in [5, 5.41) is 5.03. The Morgan fingerprint density at radius 3 is 1.91 bits per heavy atom. The number of fused-ring (bicyclic) bond motifs is 6. The maximum absolute atomic E-state index is 5.48. The van der Waals surface area contributed by atoms with Gasteiger partial charge >= 0.3 is 0 Å². The lowest BCUT2D eigenvalue weighted by atomic mass is 9.91. The minimum absolute atomic E-state index is 0.112. The van der Waals surface area contributed by atoms with E-state index >= 15 is 0 Å². The number of amidine groups is 1. The first-order valence-corrected chi connectivity index (χ1v) is 20.0. The summed E-state index contributed by atoms with van der Waals surface area (Å²) in [6.45, 7) is 0. The van der Waals surface area contributed by atoms with Gasteiger partial charge < -0.3 is 4.57 Å². The van der Waals surface area contributed by atoms with E-state index in [-0.39, 0.29) is 6.04 Å². The van der Waals surface area contributed by atoms with Gasteiger partial charge in [-0.1, -0.05) is 146 Å². The van der Waals surface area contributed by atoms with Crippen molar-refractivity contribution in [2.75, 3.05) is 0 Å². The lowest BCUT2D eigenvalue weighted by molar-refractivity contribution is 0.754. The van der Waals surface area contributed by atoms with E-state index in [4.69, 9.17) is 9.98 Å². The van der Waals surface area contributed by atoms with Gasteiger partial charge in [-0.25, -0.2) is 4.99 Å². The average Bonchev–Trinajstić information content (AvgIpc) is 3.82. The monoisotopic (exact) mass is 733 g/mol. The van der Waals surface area contributed by atoms with Crippen LogP contribution in [0.4, 0.5) is 0 Å². The molecule has 0 N–H and O–H groups in total. The summed E-state index contributed by atoms with van der Waals surface area (Å²) in [5.74, 6) is 0.759. The second-order valence-corrected chi connectivity index (χ2v) is 15.6. The number of thiophene rings is 1. The maximum Gasteiger partial charge on any atom is 0.155 e. The van der Waals surface area contributed by atoms with Crippen molar-refractivity contribution in [1.29, 1.82) is 0 Å². The molecule has 0 saturated heterocycles. The standard InChI is InChI=1S/C52H35N3S/c1-3-14-34(15-4-1)36-18-11-20-38(30-36)45-33-46(54-52(53-45)39-21-12-19-37(31-39)35-16-5-2-6-17-35)42-24-13-26-48-51(42)43-23-7-9-25-47(43)55(48)40-28-29-50-44(32-40)41-22-8-10-27-49(41)56-50/h1-32,45H,33H2. The van der Waals surface area contributed by atoms with Crippen LogP contribution in [0.1, 0.15) is 29.2 Å². The summed E-state index contributed by atoms with van der Waals surface area (Å²) in [5.41, 5.74) is 12.6. The van der Waals surface area contributed by atoms with Crippen LogP contribution in [0.5, 0.6) is 0 Å². The third-order valence-corrected chi connectivity index (χ3v) is 12.3. The molecule has 1 aliphatic rings. The van der Waals surface area contributed by atoms with E-state index in [0.717, 1.165) is 33.9 Å². The molecule has 1 aliphatic heterocycles. The minimum atomic E-state index is -0.112. The Labute approximate surface area is 329 Å². The fourth-order valence-corrected chi connectivity index (χ4v) is 9.58. The molecular weight excluding hydrogens is 699 g/mol. The van der Waals surface area contributed by atoms with E-state index in [9.17, 15) is 0 Å². The number of aliphatic imine (C=N–C) groups is 2. The molecule has 10 aromatic rings. The third-order valence-electron chi connectivity index (χ3n) is 11.1. The van der Waals surface area contributed by atoms with Crippen LogP contribution in [0.25, 0.3) is 69.9 Å². The molecule has 3 heterocycles. The Morgan fingerprint density at radius 2 is 1.09 bits per heavy atom. The molecule has 264 valence electrons. The molecule has 2 aromatic heterocycles. The van der Waals surface area contributed by atoms with Gasteiger partial charge in [0.1, 0.15) is 0 Å². The molecule has 0 fully saturated rings. The van der Waals surface area contributed by atoms with Crippen molar-refractivity contribution in [1.82, 2.24) is 4.57 Å². The molecule has 1 atom stereocenters. The summed E-state index contributed by atoms with van der Waals surface area (Å²) in [4.78, 5) is 10.9. The topological polar surface area (TPSA) is 29.6 Å². The first-order chi connectivity index (χ1) is 27.7. The molecule has 3 nitrogen and oxygen atoms in total. The molecule has 11 rings (SSSR count). The van der Waals surface area contributed by atoms with Crippen LogP contribution in [0, 0.1) is 0 Å². The van der Waals surface area contributed by atoms with Crippen LogP contribution in [-0.2, 0) is 0 Å². The number of hydrogen-bond donors (Lipinski definition) is 0. The van der Waals surface area contributed by atoms with Crippen LogP contribution in [0.3, 0.4) is 0 Å². The summed E-state index contributed by atoms with van der Waals surface area (Å²) in [6, 6.07) is 69.8. The Kier molecular flexibility index (Phi) is 7.82. The van der Waals surface area contributed by atoms with Gasteiger partial charge in [-0.2, -0.15) is 0 Å². The summed E-state index contributed by atoms with van der Waals surface area (Å²) < 4.78 is 5.05. The van der Waals surface area contributed by atoms with Gasteiger partial charge in [0.05, 0.1) is 22.8 Å². The van der Waals surface area contributed by atoms with Gasteiger partial charge in [-0.15, -0.1) is 11.3 Å². The highest BCUT2D eigenvalue weighted by Gasteiger charge is 2.26. The lowest BCUT2D eigenvalue weighted by Gasteiger charge is -2.23. The van der Waals surface area contributed by atoms with Gasteiger partial charge in [0, 0.05) is 54.2 Å². The van der Waals surface area contributed by atoms with Gasteiger partial charge in [0.25, 0.3) is 0 Å². The van der Waals surface area contributed by atoms with Gasteiger partial charge in [0.2, 0.25) is 0 Å². The summed E-state index contributed by atoms with van der Waals surface area (Å²) in [7, 11) is 0. The van der Waals surface area contributed by atoms with Crippen molar-refractivity contribution in [3.8, 4) is 27.9 Å². The van der Waals surface area contributed by atoms with E-state index in [2.05, 4.69) is 199 Å². The van der Waals surface area contributed by atoms with Gasteiger partial charge in [0.15, 0.2) is 5.84 Å².